The van der Waals surface area contributed by atoms with Crippen LogP contribution in [-0.2, 0) is 22.8 Å². The lowest BCUT2D eigenvalue weighted by Crippen LogP contribution is -2.17. The Kier molecular flexibility index (Phi) is 6.14. The van der Waals surface area contributed by atoms with E-state index in [-0.39, 0.29) is 23.5 Å². The number of rotatable bonds is 6. The maximum atomic E-state index is 14.9. The van der Waals surface area contributed by atoms with Crippen LogP contribution < -0.4 is 10.6 Å². The normalized spacial score (nSPS) is 11.5. The van der Waals surface area contributed by atoms with Crippen molar-refractivity contribution in [2.24, 2.45) is 7.05 Å². The predicted molar refractivity (Wildman–Crippen MR) is 104 cm³/mol. The molecule has 160 valence electrons. The molecule has 11 heteroatoms. The molecule has 0 saturated heterocycles. The molecule has 31 heavy (non-hydrogen) atoms. The molecule has 0 radical (unpaired) electrons. The number of benzene rings is 1. The number of hydrogen-bond donors (Lipinski definition) is 2. The van der Waals surface area contributed by atoms with Crippen molar-refractivity contribution in [3.05, 3.63) is 66.0 Å². The summed E-state index contributed by atoms with van der Waals surface area (Å²) in [4.78, 5) is 29.6. The Bertz CT molecular complexity index is 1140. The van der Waals surface area contributed by atoms with E-state index in [1.807, 2.05) is 5.32 Å². The van der Waals surface area contributed by atoms with Crippen LogP contribution in [0.3, 0.4) is 0 Å². The highest BCUT2D eigenvalue weighted by atomic mass is 19.4. The van der Waals surface area contributed by atoms with Crippen molar-refractivity contribution in [1.82, 2.24) is 19.9 Å². The van der Waals surface area contributed by atoms with Crippen molar-refractivity contribution >= 4 is 29.9 Å². The molecule has 3 rings (SSSR count). The number of amides is 2. The number of alkyl halides is 3. The Labute approximate surface area is 173 Å². The minimum absolute atomic E-state index is 0.00210. The van der Waals surface area contributed by atoms with Gasteiger partial charge >= 0.3 is 6.18 Å². The quantitative estimate of drug-likeness (QED) is 0.352. The van der Waals surface area contributed by atoms with E-state index in [4.69, 9.17) is 0 Å². The Morgan fingerprint density at radius 2 is 1.97 bits per heavy atom. The smallest absolute Gasteiger partial charge is 0.340 e. The van der Waals surface area contributed by atoms with E-state index in [1.54, 1.807) is 17.8 Å². The lowest BCUT2D eigenvalue weighted by atomic mass is 10.0. The molecule has 2 N–H and O–H groups in total. The molecule has 0 saturated carbocycles. The largest absolute Gasteiger partial charge is 0.417 e. The molecule has 0 fully saturated rings. The molecule has 0 bridgehead atoms. The fourth-order valence-electron chi connectivity index (χ4n) is 2.65. The van der Waals surface area contributed by atoms with Crippen molar-refractivity contribution < 1.29 is 27.2 Å². The average molecular weight is 433 g/mol. The number of aryl methyl sites for hydroxylation is 1. The molecule has 2 heterocycles. The number of halogens is 4. The molecule has 0 spiro atoms. The number of imidazole rings is 1. The molecule has 7 nitrogen and oxygen atoms in total. The summed E-state index contributed by atoms with van der Waals surface area (Å²) in [5, 5.41) is 4.61. The second kappa shape index (κ2) is 8.78. The van der Waals surface area contributed by atoms with E-state index >= 15 is 0 Å². The molecule has 1 aromatic carbocycles. The zero-order valence-electron chi connectivity index (χ0n) is 15.9. The van der Waals surface area contributed by atoms with Crippen LogP contribution in [0.4, 0.5) is 29.1 Å². The summed E-state index contributed by atoms with van der Waals surface area (Å²) in [7, 11) is 1.71. The monoisotopic (exact) mass is 433 g/mol. The molecule has 0 aliphatic heterocycles. The topological polar surface area (TPSA) is 88.9 Å². The van der Waals surface area contributed by atoms with Crippen molar-refractivity contribution in [3.63, 3.8) is 0 Å². The number of hydrogen-bond acceptors (Lipinski definition) is 5. The Morgan fingerprint density at radius 3 is 2.55 bits per heavy atom. The first kappa shape index (κ1) is 21.7. The van der Waals surface area contributed by atoms with Gasteiger partial charge in [0.15, 0.2) is 0 Å². The first-order valence-electron chi connectivity index (χ1n) is 8.72. The van der Waals surface area contributed by atoms with Crippen LogP contribution in [0.25, 0.3) is 17.3 Å². The molecule has 0 aliphatic carbocycles. The Morgan fingerprint density at radius 1 is 1.19 bits per heavy atom. The predicted octanol–water partition coefficient (Wildman–Crippen LogP) is 3.67. The van der Waals surface area contributed by atoms with Crippen LogP contribution in [-0.4, -0.2) is 26.9 Å². The molecule has 3 aromatic rings. The zero-order valence-corrected chi connectivity index (χ0v) is 15.9. The van der Waals surface area contributed by atoms with Gasteiger partial charge in [0.2, 0.25) is 12.3 Å². The second-order valence-corrected chi connectivity index (χ2v) is 6.36. The van der Waals surface area contributed by atoms with Crippen molar-refractivity contribution in [3.8, 4) is 11.3 Å². The van der Waals surface area contributed by atoms with Crippen LogP contribution in [0.2, 0.25) is 0 Å². The van der Waals surface area contributed by atoms with Gasteiger partial charge in [-0.3, -0.25) is 14.9 Å². The highest BCUT2D eigenvalue weighted by Crippen LogP contribution is 2.34. The van der Waals surface area contributed by atoms with Gasteiger partial charge in [0.1, 0.15) is 11.6 Å². The summed E-state index contributed by atoms with van der Waals surface area (Å²) < 4.78 is 54.8. The first-order chi connectivity index (χ1) is 14.7. The number of carbonyl (C=O) groups excluding carboxylic acids is 2. The van der Waals surface area contributed by atoms with Crippen LogP contribution >= 0.6 is 0 Å². The minimum Gasteiger partial charge on any atom is -0.340 e. The van der Waals surface area contributed by atoms with Crippen molar-refractivity contribution in [2.75, 3.05) is 5.32 Å². The molecular formula is C20H15F4N5O2. The number of aromatic nitrogens is 3. The number of anilines is 2. The molecule has 0 atom stereocenters. The first-order valence-corrected chi connectivity index (χ1v) is 8.72. The maximum absolute atomic E-state index is 14.9. The van der Waals surface area contributed by atoms with Crippen LogP contribution in [0.15, 0.2) is 49.1 Å². The van der Waals surface area contributed by atoms with E-state index in [9.17, 15) is 27.2 Å². The van der Waals surface area contributed by atoms with Gasteiger partial charge in [-0.05, 0) is 35.9 Å². The van der Waals surface area contributed by atoms with Crippen molar-refractivity contribution in [2.45, 2.75) is 6.18 Å². The van der Waals surface area contributed by atoms with Crippen LogP contribution in [0, 0.1) is 5.82 Å². The summed E-state index contributed by atoms with van der Waals surface area (Å²) in [5.74, 6) is -1.44. The number of nitrogens with zero attached hydrogens (tertiary/aromatic N) is 3. The highest BCUT2D eigenvalue weighted by molar-refractivity contribution is 5.97. The molecule has 0 aliphatic rings. The number of nitrogens with one attached hydrogen (secondary N) is 2. The Hall–Kier alpha value is -4.02. The number of pyridine rings is 1. The lowest BCUT2D eigenvalue weighted by molar-refractivity contribution is -0.137. The molecule has 2 aromatic heterocycles. The molecule has 2 amide bonds. The highest BCUT2D eigenvalue weighted by Gasteiger charge is 2.30. The zero-order chi connectivity index (χ0) is 22.6. The van der Waals surface area contributed by atoms with Gasteiger partial charge in [-0.25, -0.2) is 14.4 Å². The van der Waals surface area contributed by atoms with Gasteiger partial charge in [0.25, 0.3) is 0 Å². The third-order valence-electron chi connectivity index (χ3n) is 4.07. The van der Waals surface area contributed by atoms with E-state index in [2.05, 4.69) is 15.3 Å². The van der Waals surface area contributed by atoms with Gasteiger partial charge in [0, 0.05) is 31.1 Å². The fourth-order valence-corrected chi connectivity index (χ4v) is 2.65. The summed E-state index contributed by atoms with van der Waals surface area (Å²) >= 11 is 0. The van der Waals surface area contributed by atoms with Gasteiger partial charge in [-0.15, -0.1) is 0 Å². The van der Waals surface area contributed by atoms with Gasteiger partial charge in [-0.2, -0.15) is 13.2 Å². The standard InChI is InChI=1S/C20H15F4N5O2/c1-29-9-16(26-10-29)14-6-12(2-5-18(31)27-11-30)7-15(21)19(14)28-17-4-3-13(8-25-17)20(22,23)24/h2-11H,1H3,(H,25,28)(H,27,30,31). The van der Waals surface area contributed by atoms with Gasteiger partial charge in [-0.1, -0.05) is 0 Å². The van der Waals surface area contributed by atoms with Gasteiger partial charge in [0.05, 0.1) is 23.3 Å². The minimum atomic E-state index is -4.54. The van der Waals surface area contributed by atoms with Crippen molar-refractivity contribution in [1.29, 1.82) is 0 Å². The summed E-state index contributed by atoms with van der Waals surface area (Å²) in [5.41, 5.74) is -0.0238. The van der Waals surface area contributed by atoms with E-state index in [0.29, 0.717) is 17.5 Å². The summed E-state index contributed by atoms with van der Waals surface area (Å²) in [6, 6.07) is 4.56. The van der Waals surface area contributed by atoms with E-state index < -0.39 is 23.5 Å². The third-order valence-corrected chi connectivity index (χ3v) is 4.07. The van der Waals surface area contributed by atoms with E-state index in [1.165, 1.54) is 18.5 Å². The van der Waals surface area contributed by atoms with Crippen LogP contribution in [0.1, 0.15) is 11.1 Å². The lowest BCUT2D eigenvalue weighted by Gasteiger charge is -2.13. The maximum Gasteiger partial charge on any atom is 0.417 e. The average Bonchev–Trinajstić information content (AvgIpc) is 3.14. The number of imide groups is 1. The van der Waals surface area contributed by atoms with E-state index in [0.717, 1.165) is 24.3 Å². The molecule has 0 unspecified atom stereocenters. The Balaban J connectivity index is 2.00. The SMILES string of the molecule is Cn1cnc(-c2cc(C=CC(=O)NC=O)cc(F)c2Nc2ccc(C(F)(F)F)cn2)c1. The second-order valence-electron chi connectivity index (χ2n) is 6.36. The number of carbonyl (C=O) groups is 2. The fraction of sp³-hybridized carbons (Fsp3) is 0.100. The summed E-state index contributed by atoms with van der Waals surface area (Å²) in [6.45, 7) is 0. The van der Waals surface area contributed by atoms with Gasteiger partial charge < -0.3 is 9.88 Å². The summed E-state index contributed by atoms with van der Waals surface area (Å²) in [6.07, 6.45) is 1.78. The van der Waals surface area contributed by atoms with Crippen LogP contribution in [0.5, 0.6) is 0 Å². The third kappa shape index (κ3) is 5.32. The molecular weight excluding hydrogens is 418 g/mol.